The quantitative estimate of drug-likeness (QED) is 0.706. The summed E-state index contributed by atoms with van der Waals surface area (Å²) in [7, 11) is -3.74. The first kappa shape index (κ1) is 23.4. The molecule has 2 aromatic carbocycles. The molecule has 1 heterocycles. The van der Waals surface area contributed by atoms with Crippen molar-refractivity contribution in [1.82, 2.24) is 9.21 Å². The van der Waals surface area contributed by atoms with Crippen molar-refractivity contribution >= 4 is 15.9 Å². The molecule has 0 bridgehead atoms. The summed E-state index contributed by atoms with van der Waals surface area (Å²) >= 11 is 0. The van der Waals surface area contributed by atoms with Crippen molar-refractivity contribution in [3.05, 3.63) is 65.5 Å². The van der Waals surface area contributed by atoms with Crippen molar-refractivity contribution in [3.63, 3.8) is 0 Å². The van der Waals surface area contributed by atoms with Crippen LogP contribution >= 0.6 is 0 Å². The maximum Gasteiger partial charge on any atom is 0.253 e. The fraction of sp³-hybridized carbons (Fsp3) is 0.435. The molecule has 0 saturated carbocycles. The molecule has 168 valence electrons. The van der Waals surface area contributed by atoms with E-state index in [1.54, 1.807) is 23.1 Å². The predicted molar refractivity (Wildman–Crippen MR) is 117 cm³/mol. The number of sulfonamides is 1. The van der Waals surface area contributed by atoms with Gasteiger partial charge < -0.3 is 10.0 Å². The first-order valence-corrected chi connectivity index (χ1v) is 12.0. The summed E-state index contributed by atoms with van der Waals surface area (Å²) in [5, 5.41) is 10.9. The third-order valence-corrected chi connectivity index (χ3v) is 7.83. The fourth-order valence-corrected chi connectivity index (χ4v) is 5.37. The molecule has 3 rings (SSSR count). The molecule has 0 unspecified atom stereocenters. The molecule has 1 aliphatic rings. The van der Waals surface area contributed by atoms with Crippen LogP contribution in [0.4, 0.5) is 4.39 Å². The molecule has 8 heteroatoms. The molecule has 0 radical (unpaired) electrons. The van der Waals surface area contributed by atoms with E-state index in [1.807, 2.05) is 13.8 Å². The fourth-order valence-electron chi connectivity index (χ4n) is 3.93. The summed E-state index contributed by atoms with van der Waals surface area (Å²) in [6.45, 7) is 5.24. The Morgan fingerprint density at radius 3 is 2.19 bits per heavy atom. The summed E-state index contributed by atoms with van der Waals surface area (Å²) in [5.41, 5.74) is -0.274. The van der Waals surface area contributed by atoms with Crippen molar-refractivity contribution < 1.29 is 22.7 Å². The highest BCUT2D eigenvalue weighted by Gasteiger charge is 2.37. The number of piperidine rings is 1. The Kier molecular flexibility index (Phi) is 7.13. The number of halogens is 1. The standard InChI is InChI=1S/C23H29FN2O4S/c1-3-25(4-2)22(27)18-9-11-20(12-10-18)31(29,30)26-15-13-23(28,14-16-26)17-19-7-5-6-8-21(19)24/h5-12,28H,3-4,13-17H2,1-2H3. The minimum Gasteiger partial charge on any atom is -0.389 e. The smallest absolute Gasteiger partial charge is 0.253 e. The Hall–Kier alpha value is -2.29. The van der Waals surface area contributed by atoms with Crippen LogP contribution in [0.1, 0.15) is 42.6 Å². The Morgan fingerprint density at radius 2 is 1.65 bits per heavy atom. The van der Waals surface area contributed by atoms with Gasteiger partial charge in [-0.25, -0.2) is 12.8 Å². The van der Waals surface area contributed by atoms with E-state index >= 15 is 0 Å². The van der Waals surface area contributed by atoms with E-state index in [1.165, 1.54) is 34.6 Å². The second kappa shape index (κ2) is 9.46. The maximum absolute atomic E-state index is 13.9. The number of carbonyl (C=O) groups excluding carboxylic acids is 1. The van der Waals surface area contributed by atoms with Gasteiger partial charge in [-0.1, -0.05) is 18.2 Å². The largest absolute Gasteiger partial charge is 0.389 e. The molecular formula is C23H29FN2O4S. The Morgan fingerprint density at radius 1 is 1.06 bits per heavy atom. The molecule has 2 aromatic rings. The monoisotopic (exact) mass is 448 g/mol. The van der Waals surface area contributed by atoms with E-state index in [9.17, 15) is 22.7 Å². The Bertz CT molecular complexity index is 1010. The van der Waals surface area contributed by atoms with Crippen LogP contribution in [0.15, 0.2) is 53.4 Å². The molecule has 1 amide bonds. The van der Waals surface area contributed by atoms with Crippen LogP contribution in [0.3, 0.4) is 0 Å². The molecule has 1 aliphatic heterocycles. The zero-order chi connectivity index (χ0) is 22.6. The van der Waals surface area contributed by atoms with E-state index in [2.05, 4.69) is 0 Å². The highest BCUT2D eigenvalue weighted by molar-refractivity contribution is 7.89. The van der Waals surface area contributed by atoms with Crippen LogP contribution in [-0.2, 0) is 16.4 Å². The number of hydrogen-bond acceptors (Lipinski definition) is 4. The molecule has 31 heavy (non-hydrogen) atoms. The number of benzene rings is 2. The number of carbonyl (C=O) groups is 1. The molecule has 1 fully saturated rings. The van der Waals surface area contributed by atoms with E-state index in [0.717, 1.165) is 0 Å². The van der Waals surface area contributed by atoms with Crippen LogP contribution in [-0.4, -0.2) is 60.4 Å². The molecular weight excluding hydrogens is 419 g/mol. The van der Waals surface area contributed by atoms with E-state index in [-0.39, 0.29) is 49.0 Å². The first-order chi connectivity index (χ1) is 14.7. The van der Waals surface area contributed by atoms with E-state index < -0.39 is 15.6 Å². The lowest BCUT2D eigenvalue weighted by molar-refractivity contribution is -0.00506. The lowest BCUT2D eigenvalue weighted by Gasteiger charge is -2.37. The third kappa shape index (κ3) is 5.14. The maximum atomic E-state index is 13.9. The van der Waals surface area contributed by atoms with Gasteiger partial charge in [-0.15, -0.1) is 0 Å². The second-order valence-corrected chi connectivity index (χ2v) is 9.84. The van der Waals surface area contributed by atoms with Crippen LogP contribution in [0.25, 0.3) is 0 Å². The lowest BCUT2D eigenvalue weighted by Crippen LogP contribution is -2.47. The topological polar surface area (TPSA) is 77.9 Å². The van der Waals surface area contributed by atoms with Crippen molar-refractivity contribution in [1.29, 1.82) is 0 Å². The summed E-state index contributed by atoms with van der Waals surface area (Å²) < 4.78 is 41.3. The average molecular weight is 449 g/mol. The molecule has 0 aliphatic carbocycles. The van der Waals surface area contributed by atoms with Crippen LogP contribution in [0.2, 0.25) is 0 Å². The summed E-state index contributed by atoms with van der Waals surface area (Å²) in [6, 6.07) is 12.3. The summed E-state index contributed by atoms with van der Waals surface area (Å²) in [5.74, 6) is -0.504. The van der Waals surface area contributed by atoms with Gasteiger partial charge in [0.15, 0.2) is 0 Å². The number of hydrogen-bond donors (Lipinski definition) is 1. The summed E-state index contributed by atoms with van der Waals surface area (Å²) in [6.07, 6.45) is 0.591. The number of nitrogens with zero attached hydrogens (tertiary/aromatic N) is 2. The van der Waals surface area contributed by atoms with Gasteiger partial charge in [0.2, 0.25) is 10.0 Å². The van der Waals surface area contributed by atoms with Gasteiger partial charge in [0.05, 0.1) is 10.5 Å². The van der Waals surface area contributed by atoms with E-state index in [0.29, 0.717) is 24.2 Å². The van der Waals surface area contributed by atoms with Crippen molar-refractivity contribution in [2.24, 2.45) is 0 Å². The van der Waals surface area contributed by atoms with Crippen molar-refractivity contribution in [2.45, 2.75) is 43.6 Å². The number of rotatable bonds is 7. The lowest BCUT2D eigenvalue weighted by atomic mass is 9.86. The normalized spacial score (nSPS) is 16.8. The molecule has 0 atom stereocenters. The second-order valence-electron chi connectivity index (χ2n) is 7.90. The van der Waals surface area contributed by atoms with Crippen molar-refractivity contribution in [3.8, 4) is 0 Å². The van der Waals surface area contributed by atoms with Gasteiger partial charge in [0.1, 0.15) is 5.82 Å². The van der Waals surface area contributed by atoms with Gasteiger partial charge in [-0.3, -0.25) is 4.79 Å². The van der Waals surface area contributed by atoms with Crippen LogP contribution in [0, 0.1) is 5.82 Å². The Balaban J connectivity index is 1.68. The third-order valence-electron chi connectivity index (χ3n) is 5.92. The van der Waals surface area contributed by atoms with Crippen molar-refractivity contribution in [2.75, 3.05) is 26.2 Å². The van der Waals surface area contributed by atoms with Gasteiger partial charge in [-0.2, -0.15) is 4.31 Å². The molecule has 0 spiro atoms. The zero-order valence-electron chi connectivity index (χ0n) is 17.9. The van der Waals surface area contributed by atoms with E-state index in [4.69, 9.17) is 0 Å². The minimum atomic E-state index is -3.74. The molecule has 6 nitrogen and oxygen atoms in total. The van der Waals surface area contributed by atoms with Gasteiger partial charge in [0, 0.05) is 38.2 Å². The molecule has 1 saturated heterocycles. The van der Waals surface area contributed by atoms with Crippen LogP contribution in [0.5, 0.6) is 0 Å². The van der Waals surface area contributed by atoms with Gasteiger partial charge >= 0.3 is 0 Å². The summed E-state index contributed by atoms with van der Waals surface area (Å²) in [4.78, 5) is 14.2. The van der Waals surface area contributed by atoms with Crippen LogP contribution < -0.4 is 0 Å². The average Bonchev–Trinajstić information content (AvgIpc) is 2.76. The highest BCUT2D eigenvalue weighted by Crippen LogP contribution is 2.30. The Labute approximate surface area is 183 Å². The predicted octanol–water partition coefficient (Wildman–Crippen LogP) is 3.07. The minimum absolute atomic E-state index is 0.114. The van der Waals surface area contributed by atoms with Gasteiger partial charge in [0.25, 0.3) is 5.91 Å². The first-order valence-electron chi connectivity index (χ1n) is 10.6. The zero-order valence-corrected chi connectivity index (χ0v) is 18.7. The molecule has 1 N–H and O–H groups in total. The van der Waals surface area contributed by atoms with Gasteiger partial charge in [-0.05, 0) is 62.6 Å². The molecule has 0 aromatic heterocycles. The highest BCUT2D eigenvalue weighted by atomic mass is 32.2. The number of amides is 1. The SMILES string of the molecule is CCN(CC)C(=O)c1ccc(S(=O)(=O)N2CCC(O)(Cc3ccccc3F)CC2)cc1. The number of aliphatic hydroxyl groups is 1.